The first-order valence-electron chi connectivity index (χ1n) is 8.44. The Balaban J connectivity index is 1.78. The molecule has 0 amide bonds. The molecule has 3 unspecified atom stereocenters. The second kappa shape index (κ2) is 8.57. The number of aliphatic hydroxyl groups is 1. The Morgan fingerprint density at radius 2 is 1.91 bits per heavy atom. The molecule has 0 spiro atoms. The Kier molecular flexibility index (Phi) is 6.76. The molecule has 2 aromatic rings. The van der Waals surface area contributed by atoms with Crippen molar-refractivity contribution in [1.82, 2.24) is 19.5 Å². The maximum atomic E-state index is 14.9. The number of nitrogens with zero attached hydrogens (tertiary/aromatic N) is 3. The van der Waals surface area contributed by atoms with Crippen LogP contribution < -0.4 is 11.3 Å². The third-order valence-electron chi connectivity index (χ3n) is 4.21. The number of phosphoric acid groups is 3. The SMILES string of the molecule is C[C@]1(O)C(F)[C@@H](COP(=O)(O)OP(=O)(O)OP(=O)(O)O)O[C@H]1n1cnc2c(=O)[nH]c(N)nc21. The summed E-state index contributed by atoms with van der Waals surface area (Å²) in [5, 5.41) is 10.6. The van der Waals surface area contributed by atoms with E-state index in [4.69, 9.17) is 25.2 Å². The summed E-state index contributed by atoms with van der Waals surface area (Å²) in [6.45, 7) is -0.157. The zero-order valence-electron chi connectivity index (χ0n) is 16.2. The molecule has 1 saturated heterocycles. The lowest BCUT2D eigenvalue weighted by atomic mass is 9.98. The number of nitrogens with one attached hydrogen (secondary N) is 1. The number of halogens is 1. The van der Waals surface area contributed by atoms with Gasteiger partial charge in [0.1, 0.15) is 11.7 Å². The Hall–Kier alpha value is -1.59. The lowest BCUT2D eigenvalue weighted by Gasteiger charge is -2.26. The number of hydrogen-bond acceptors (Lipinski definition) is 12. The predicted molar refractivity (Wildman–Crippen MR) is 102 cm³/mol. The fourth-order valence-electron chi connectivity index (χ4n) is 2.94. The standard InChI is InChI=1S/C11H17FN5O13P3/c1-11(19)6(12)4(2-27-32(23,24)30-33(25,26)29-31(20,21)22)28-9(11)17-3-14-5-7(17)15-10(13)16-8(5)18/h3-4,6,9,19H,2H2,1H3,(H,23,24)(H,25,26)(H2,20,21,22)(H3,13,15,16,18)/t4-,6?,9-,11+/m1/s1. The maximum absolute atomic E-state index is 14.9. The summed E-state index contributed by atoms with van der Waals surface area (Å²) in [6, 6.07) is 0. The van der Waals surface area contributed by atoms with Crippen LogP contribution in [-0.2, 0) is 31.6 Å². The van der Waals surface area contributed by atoms with Gasteiger partial charge in [0.25, 0.3) is 5.56 Å². The number of aromatic amines is 1. The van der Waals surface area contributed by atoms with Gasteiger partial charge in [-0.25, -0.2) is 23.1 Å². The van der Waals surface area contributed by atoms with Gasteiger partial charge in [0, 0.05) is 0 Å². The molecule has 0 radical (unpaired) electrons. The number of H-pyrrole nitrogens is 1. The summed E-state index contributed by atoms with van der Waals surface area (Å²) in [7, 11) is -16.9. The minimum absolute atomic E-state index is 0.178. The van der Waals surface area contributed by atoms with Crippen LogP contribution in [0.2, 0.25) is 0 Å². The third-order valence-corrected chi connectivity index (χ3v) is 8.01. The van der Waals surface area contributed by atoms with Crippen LogP contribution in [0.3, 0.4) is 0 Å². The van der Waals surface area contributed by atoms with Gasteiger partial charge in [0.15, 0.2) is 23.6 Å². The molecule has 1 aliphatic rings. The number of anilines is 1. The van der Waals surface area contributed by atoms with E-state index in [1.165, 1.54) is 0 Å². The molecule has 6 atom stereocenters. The van der Waals surface area contributed by atoms with Gasteiger partial charge in [-0.2, -0.15) is 13.6 Å². The summed E-state index contributed by atoms with van der Waals surface area (Å²) in [6.07, 6.45) is -4.68. The van der Waals surface area contributed by atoms with Crippen molar-refractivity contribution in [3.8, 4) is 0 Å². The van der Waals surface area contributed by atoms with Crippen LogP contribution >= 0.6 is 23.5 Å². The quantitative estimate of drug-likeness (QED) is 0.199. The predicted octanol–water partition coefficient (Wildman–Crippen LogP) is -0.968. The van der Waals surface area contributed by atoms with Gasteiger partial charge in [0.2, 0.25) is 5.95 Å². The average molecular weight is 539 g/mol. The van der Waals surface area contributed by atoms with E-state index in [0.717, 1.165) is 17.8 Å². The van der Waals surface area contributed by atoms with Crippen molar-refractivity contribution >= 4 is 40.6 Å². The average Bonchev–Trinajstić information content (AvgIpc) is 3.10. The summed E-state index contributed by atoms with van der Waals surface area (Å²) in [5.74, 6) is -0.312. The zero-order chi connectivity index (χ0) is 25.0. The Bertz CT molecular complexity index is 1260. The highest BCUT2D eigenvalue weighted by Crippen LogP contribution is 2.66. The van der Waals surface area contributed by atoms with Gasteiger partial charge < -0.3 is 35.2 Å². The second-order valence-corrected chi connectivity index (χ2v) is 11.2. The number of nitrogens with two attached hydrogens (primary N) is 1. The van der Waals surface area contributed by atoms with Crippen molar-refractivity contribution < 1.29 is 60.6 Å². The first-order chi connectivity index (χ1) is 14.9. The molecule has 0 saturated carbocycles. The molecule has 3 rings (SSSR count). The molecule has 1 aliphatic heterocycles. The molecule has 22 heteroatoms. The molecule has 33 heavy (non-hydrogen) atoms. The van der Waals surface area contributed by atoms with Gasteiger partial charge in [-0.3, -0.25) is 18.9 Å². The molecule has 186 valence electrons. The lowest BCUT2D eigenvalue weighted by molar-refractivity contribution is -0.0888. The first-order valence-corrected chi connectivity index (χ1v) is 13.0. The summed E-state index contributed by atoms with van der Waals surface area (Å²) < 4.78 is 66.4. The Labute approximate surface area is 181 Å². The van der Waals surface area contributed by atoms with E-state index in [-0.39, 0.29) is 17.1 Å². The topological polar surface area (TPSA) is 279 Å². The van der Waals surface area contributed by atoms with E-state index in [9.17, 15) is 32.9 Å². The van der Waals surface area contributed by atoms with Crippen molar-refractivity contribution in [2.45, 2.75) is 31.0 Å². The monoisotopic (exact) mass is 539 g/mol. The summed E-state index contributed by atoms with van der Waals surface area (Å²) in [4.78, 5) is 57.4. The number of imidazole rings is 1. The molecule has 18 nitrogen and oxygen atoms in total. The Morgan fingerprint density at radius 1 is 1.27 bits per heavy atom. The number of hydrogen-bond donors (Lipinski definition) is 7. The van der Waals surface area contributed by atoms with E-state index in [2.05, 4.69) is 28.1 Å². The molecule has 0 aromatic carbocycles. The summed E-state index contributed by atoms with van der Waals surface area (Å²) in [5.41, 5.74) is 2.02. The van der Waals surface area contributed by atoms with Crippen molar-refractivity contribution in [1.29, 1.82) is 0 Å². The van der Waals surface area contributed by atoms with E-state index < -0.39 is 59.7 Å². The number of fused-ring (bicyclic) bond motifs is 1. The minimum atomic E-state index is -5.78. The molecule has 3 heterocycles. The highest BCUT2D eigenvalue weighted by molar-refractivity contribution is 7.66. The summed E-state index contributed by atoms with van der Waals surface area (Å²) >= 11 is 0. The smallest absolute Gasteiger partial charge is 0.382 e. The highest BCUT2D eigenvalue weighted by atomic mass is 31.3. The van der Waals surface area contributed by atoms with Crippen molar-refractivity contribution in [2.24, 2.45) is 0 Å². The van der Waals surface area contributed by atoms with Crippen LogP contribution in [0.15, 0.2) is 11.1 Å². The minimum Gasteiger partial charge on any atom is -0.382 e. The largest absolute Gasteiger partial charge is 0.490 e. The van der Waals surface area contributed by atoms with E-state index in [1.807, 2.05) is 0 Å². The highest BCUT2D eigenvalue weighted by Gasteiger charge is 2.55. The van der Waals surface area contributed by atoms with Crippen LogP contribution in [0.4, 0.5) is 10.3 Å². The fraction of sp³-hybridized carbons (Fsp3) is 0.545. The maximum Gasteiger partial charge on any atom is 0.490 e. The van der Waals surface area contributed by atoms with Crippen molar-refractivity contribution in [3.05, 3.63) is 16.7 Å². The number of alkyl halides is 1. The van der Waals surface area contributed by atoms with Crippen LogP contribution in [0.5, 0.6) is 0 Å². The van der Waals surface area contributed by atoms with Crippen molar-refractivity contribution in [2.75, 3.05) is 12.3 Å². The molecule has 0 bridgehead atoms. The van der Waals surface area contributed by atoms with E-state index >= 15 is 0 Å². The van der Waals surface area contributed by atoms with Gasteiger partial charge in [0.05, 0.1) is 12.9 Å². The van der Waals surface area contributed by atoms with Gasteiger partial charge in [-0.05, 0) is 6.92 Å². The molecular weight excluding hydrogens is 522 g/mol. The van der Waals surface area contributed by atoms with E-state index in [0.29, 0.717) is 0 Å². The first kappa shape index (κ1) is 26.0. The molecule has 2 aromatic heterocycles. The normalized spacial score (nSPS) is 29.7. The van der Waals surface area contributed by atoms with Crippen molar-refractivity contribution in [3.63, 3.8) is 0 Å². The molecular formula is C11H17FN5O13P3. The molecule has 8 N–H and O–H groups in total. The van der Waals surface area contributed by atoms with Crippen LogP contribution in [0, 0.1) is 0 Å². The number of nitrogen functional groups attached to an aromatic ring is 1. The molecule has 1 fully saturated rings. The number of aromatic nitrogens is 4. The third kappa shape index (κ3) is 5.74. The Morgan fingerprint density at radius 3 is 2.52 bits per heavy atom. The van der Waals surface area contributed by atoms with Crippen LogP contribution in [-0.4, -0.2) is 68.7 Å². The zero-order valence-corrected chi connectivity index (χ0v) is 18.8. The van der Waals surface area contributed by atoms with Gasteiger partial charge in [-0.15, -0.1) is 0 Å². The van der Waals surface area contributed by atoms with Gasteiger partial charge >= 0.3 is 23.5 Å². The van der Waals surface area contributed by atoms with E-state index in [1.54, 1.807) is 0 Å². The number of ether oxygens (including phenoxy) is 1. The van der Waals surface area contributed by atoms with Gasteiger partial charge in [-0.1, -0.05) is 0 Å². The van der Waals surface area contributed by atoms with Crippen LogP contribution in [0.25, 0.3) is 11.2 Å². The second-order valence-electron chi connectivity index (χ2n) is 6.82. The van der Waals surface area contributed by atoms with Crippen LogP contribution in [0.1, 0.15) is 13.2 Å². The number of phosphoric ester groups is 1. The molecule has 0 aliphatic carbocycles. The number of rotatable bonds is 8. The fourth-order valence-corrected chi connectivity index (χ4v) is 5.97. The lowest BCUT2D eigenvalue weighted by Crippen LogP contribution is -2.41.